The number of methoxy groups -OCH3 is 3. The van der Waals surface area contributed by atoms with Gasteiger partial charge in [-0.05, 0) is 41.4 Å². The first-order valence-electron chi connectivity index (χ1n) is 9.02. The Morgan fingerprint density at radius 1 is 0.759 bits per heavy atom. The molecule has 0 aliphatic carbocycles. The summed E-state index contributed by atoms with van der Waals surface area (Å²) >= 11 is 1.44. The molecule has 0 atom stereocenters. The van der Waals surface area contributed by atoms with Gasteiger partial charge in [-0.3, -0.25) is 4.98 Å². The quantitative estimate of drug-likeness (QED) is 0.421. The highest BCUT2D eigenvalue weighted by Gasteiger charge is 2.18. The van der Waals surface area contributed by atoms with E-state index < -0.39 is 0 Å². The highest BCUT2D eigenvalue weighted by molar-refractivity contribution is 7.10. The molecule has 4 rings (SSSR count). The van der Waals surface area contributed by atoms with Gasteiger partial charge in [0.15, 0.2) is 11.5 Å². The van der Waals surface area contributed by atoms with E-state index in [1.165, 1.54) is 11.5 Å². The van der Waals surface area contributed by atoms with Crippen LogP contribution in [0.5, 0.6) is 17.2 Å². The maximum Gasteiger partial charge on any atom is 0.203 e. The van der Waals surface area contributed by atoms with Gasteiger partial charge in [0, 0.05) is 29.1 Å². The lowest BCUT2D eigenvalue weighted by Gasteiger charge is -2.14. The van der Waals surface area contributed by atoms with Gasteiger partial charge < -0.3 is 14.2 Å². The van der Waals surface area contributed by atoms with Gasteiger partial charge in [-0.2, -0.15) is 4.37 Å². The molecule has 0 fully saturated rings. The molecular formula is C23H20N2O3S. The summed E-state index contributed by atoms with van der Waals surface area (Å²) in [6.07, 6.45) is 3.69. The van der Waals surface area contributed by atoms with Crippen molar-refractivity contribution in [3.63, 3.8) is 0 Å². The molecule has 0 amide bonds. The fourth-order valence-corrected chi connectivity index (χ4v) is 3.98. The average Bonchev–Trinajstić information content (AvgIpc) is 3.28. The predicted molar refractivity (Wildman–Crippen MR) is 116 cm³/mol. The van der Waals surface area contributed by atoms with E-state index in [2.05, 4.69) is 33.6 Å². The van der Waals surface area contributed by atoms with Crippen molar-refractivity contribution < 1.29 is 14.2 Å². The summed E-state index contributed by atoms with van der Waals surface area (Å²) < 4.78 is 20.9. The molecule has 0 bridgehead atoms. The first kappa shape index (κ1) is 19.0. The third-order valence-corrected chi connectivity index (χ3v) is 5.50. The second-order valence-corrected chi connectivity index (χ2v) is 7.08. The van der Waals surface area contributed by atoms with E-state index in [9.17, 15) is 0 Å². The number of rotatable bonds is 6. The Hall–Kier alpha value is -3.38. The average molecular weight is 404 g/mol. The molecule has 0 saturated heterocycles. The monoisotopic (exact) mass is 404 g/mol. The van der Waals surface area contributed by atoms with E-state index in [1.807, 2.05) is 36.5 Å². The zero-order valence-electron chi connectivity index (χ0n) is 16.4. The van der Waals surface area contributed by atoms with Crippen molar-refractivity contribution in [1.29, 1.82) is 0 Å². The molecule has 0 aliphatic heterocycles. The molecule has 0 unspecified atom stereocenters. The maximum absolute atomic E-state index is 5.50. The van der Waals surface area contributed by atoms with Crippen molar-refractivity contribution >= 4 is 11.5 Å². The molecule has 0 spiro atoms. The molecule has 0 saturated carbocycles. The van der Waals surface area contributed by atoms with Gasteiger partial charge >= 0.3 is 0 Å². The van der Waals surface area contributed by atoms with Gasteiger partial charge in [0.05, 0.1) is 31.9 Å². The zero-order chi connectivity index (χ0) is 20.2. The topological polar surface area (TPSA) is 53.5 Å². The van der Waals surface area contributed by atoms with Gasteiger partial charge in [-0.1, -0.05) is 30.3 Å². The summed E-state index contributed by atoms with van der Waals surface area (Å²) in [6.45, 7) is 0. The van der Waals surface area contributed by atoms with Gasteiger partial charge in [0.1, 0.15) is 0 Å². The molecular weight excluding hydrogens is 384 g/mol. The van der Waals surface area contributed by atoms with Crippen LogP contribution in [0.25, 0.3) is 32.8 Å². The minimum absolute atomic E-state index is 0.574. The summed E-state index contributed by atoms with van der Waals surface area (Å²) in [7, 11) is 4.83. The van der Waals surface area contributed by atoms with E-state index in [-0.39, 0.29) is 0 Å². The number of hydrogen-bond donors (Lipinski definition) is 0. The first-order chi connectivity index (χ1) is 14.2. The lowest BCUT2D eigenvalue weighted by molar-refractivity contribution is 0.324. The molecule has 0 radical (unpaired) electrons. The van der Waals surface area contributed by atoms with Crippen molar-refractivity contribution in [3.05, 3.63) is 67.0 Å². The van der Waals surface area contributed by atoms with Gasteiger partial charge in [-0.15, -0.1) is 0 Å². The smallest absolute Gasteiger partial charge is 0.203 e. The van der Waals surface area contributed by atoms with Gasteiger partial charge in [-0.25, -0.2) is 0 Å². The second-order valence-electron chi connectivity index (χ2n) is 6.27. The summed E-state index contributed by atoms with van der Waals surface area (Å²) in [5.41, 5.74) is 5.13. The van der Waals surface area contributed by atoms with Crippen LogP contribution in [0.2, 0.25) is 0 Å². The van der Waals surface area contributed by atoms with Crippen LogP contribution in [0.3, 0.4) is 0 Å². The summed E-state index contributed by atoms with van der Waals surface area (Å²) in [5.74, 6) is 1.81. The maximum atomic E-state index is 5.50. The minimum Gasteiger partial charge on any atom is -0.493 e. The predicted octanol–water partition coefficient (Wildman–Crippen LogP) is 5.56. The van der Waals surface area contributed by atoms with Crippen LogP contribution in [0, 0.1) is 0 Å². The van der Waals surface area contributed by atoms with Crippen molar-refractivity contribution in [2.45, 2.75) is 0 Å². The van der Waals surface area contributed by atoms with Crippen LogP contribution in [0.15, 0.2) is 67.0 Å². The molecule has 146 valence electrons. The van der Waals surface area contributed by atoms with Crippen LogP contribution >= 0.6 is 11.5 Å². The molecule has 5 nitrogen and oxygen atoms in total. The number of ether oxygens (including phenoxy) is 3. The molecule has 2 heterocycles. The van der Waals surface area contributed by atoms with Crippen LogP contribution in [-0.4, -0.2) is 30.7 Å². The van der Waals surface area contributed by atoms with E-state index in [0.29, 0.717) is 17.2 Å². The second kappa shape index (κ2) is 8.32. The van der Waals surface area contributed by atoms with Crippen LogP contribution in [0.4, 0.5) is 0 Å². The van der Waals surface area contributed by atoms with Gasteiger partial charge in [0.2, 0.25) is 5.75 Å². The van der Waals surface area contributed by atoms with Crippen LogP contribution in [-0.2, 0) is 0 Å². The Balaban J connectivity index is 1.74. The van der Waals surface area contributed by atoms with Crippen molar-refractivity contribution in [2.75, 3.05) is 21.3 Å². The number of hydrogen-bond acceptors (Lipinski definition) is 6. The van der Waals surface area contributed by atoms with Crippen molar-refractivity contribution in [1.82, 2.24) is 9.36 Å². The number of aromatic nitrogens is 2. The SMILES string of the molecule is COc1cc(-c2sncc2-c2ccc(-c3ccccn3)cc2)cc(OC)c1OC. The van der Waals surface area contributed by atoms with Gasteiger partial charge in [0.25, 0.3) is 0 Å². The lowest BCUT2D eigenvalue weighted by atomic mass is 10.0. The highest BCUT2D eigenvalue weighted by atomic mass is 32.1. The standard InChI is InChI=1S/C23H20N2O3S/c1-26-20-12-17(13-21(27-2)22(20)28-3)23-18(14-25-29-23)15-7-9-16(10-8-15)19-6-4-5-11-24-19/h4-14H,1-3H3. The first-order valence-corrected chi connectivity index (χ1v) is 9.79. The fourth-order valence-electron chi connectivity index (χ4n) is 3.22. The van der Waals surface area contributed by atoms with Crippen LogP contribution in [0.1, 0.15) is 0 Å². The molecule has 4 aromatic rings. The lowest BCUT2D eigenvalue weighted by Crippen LogP contribution is -1.95. The van der Waals surface area contributed by atoms with E-state index in [0.717, 1.165) is 32.8 Å². The third kappa shape index (κ3) is 3.67. The molecule has 2 aromatic carbocycles. The van der Waals surface area contributed by atoms with Crippen molar-refractivity contribution in [3.8, 4) is 50.1 Å². The molecule has 2 aromatic heterocycles. The zero-order valence-corrected chi connectivity index (χ0v) is 17.2. The van der Waals surface area contributed by atoms with Crippen LogP contribution < -0.4 is 14.2 Å². The summed E-state index contributed by atoms with van der Waals surface area (Å²) in [6, 6.07) is 18.1. The van der Waals surface area contributed by atoms with E-state index in [4.69, 9.17) is 14.2 Å². The Bertz CT molecular complexity index is 1080. The normalized spacial score (nSPS) is 10.6. The van der Waals surface area contributed by atoms with E-state index in [1.54, 1.807) is 27.5 Å². The largest absolute Gasteiger partial charge is 0.493 e. The Labute approximate surface area is 173 Å². The Kier molecular flexibility index (Phi) is 5.44. The molecule has 29 heavy (non-hydrogen) atoms. The molecule has 6 heteroatoms. The number of nitrogens with zero attached hydrogens (tertiary/aromatic N) is 2. The highest BCUT2D eigenvalue weighted by Crippen LogP contribution is 2.44. The summed E-state index contributed by atoms with van der Waals surface area (Å²) in [5, 5.41) is 0. The molecule has 0 N–H and O–H groups in total. The fraction of sp³-hybridized carbons (Fsp3) is 0.130. The number of pyridine rings is 1. The van der Waals surface area contributed by atoms with Crippen molar-refractivity contribution in [2.24, 2.45) is 0 Å². The van der Waals surface area contributed by atoms with E-state index >= 15 is 0 Å². The minimum atomic E-state index is 0.574. The Morgan fingerprint density at radius 3 is 2.03 bits per heavy atom. The molecule has 0 aliphatic rings. The number of benzene rings is 2. The summed E-state index contributed by atoms with van der Waals surface area (Å²) in [4.78, 5) is 5.45. The Morgan fingerprint density at radius 2 is 1.45 bits per heavy atom. The third-order valence-electron chi connectivity index (χ3n) is 4.65.